The zero-order chi connectivity index (χ0) is 7.49. The van der Waals surface area contributed by atoms with Gasteiger partial charge in [-0.3, -0.25) is 4.79 Å². The lowest BCUT2D eigenvalue weighted by Gasteiger charge is -1.98. The fourth-order valence-corrected chi connectivity index (χ4v) is 0.154. The van der Waals surface area contributed by atoms with Crippen LogP contribution < -0.4 is 0 Å². The number of carbonyl (C=O) groups is 1. The van der Waals surface area contributed by atoms with E-state index < -0.39 is 12.0 Å². The molecule has 0 N–H and O–H groups in total. The Kier molecular flexibility index (Phi) is 2.36. The summed E-state index contributed by atoms with van der Waals surface area (Å²) in [6, 6.07) is 0. The third-order valence-corrected chi connectivity index (χ3v) is 0.485. The summed E-state index contributed by atoms with van der Waals surface area (Å²) in [5.74, 6) is -2.38. The summed E-state index contributed by atoms with van der Waals surface area (Å²) < 4.78 is 44.5. The highest BCUT2D eigenvalue weighted by Crippen LogP contribution is 2.25. The van der Waals surface area contributed by atoms with Crippen molar-refractivity contribution in [2.24, 2.45) is 0 Å². The van der Waals surface area contributed by atoms with Crippen LogP contribution in [0.1, 0.15) is 0 Å². The van der Waals surface area contributed by atoms with Gasteiger partial charge in [-0.25, -0.2) is 4.39 Å². The first-order valence-electron chi connectivity index (χ1n) is 1.86. The molecule has 0 unspecified atom stereocenters. The molecule has 0 aromatic rings. The Morgan fingerprint density at radius 1 is 1.33 bits per heavy atom. The fourth-order valence-electron chi connectivity index (χ4n) is 0.154. The van der Waals surface area contributed by atoms with Crippen molar-refractivity contribution < 1.29 is 22.4 Å². The van der Waals surface area contributed by atoms with Crippen molar-refractivity contribution in [2.45, 2.75) is 6.18 Å². The van der Waals surface area contributed by atoms with Gasteiger partial charge in [-0.1, -0.05) is 0 Å². The second-order valence-corrected chi connectivity index (χ2v) is 1.15. The molecule has 0 fully saturated rings. The zero-order valence-corrected chi connectivity index (χ0v) is 4.07. The smallest absolute Gasteiger partial charge is 0.298 e. The van der Waals surface area contributed by atoms with Gasteiger partial charge in [0.05, 0.1) is 0 Å². The summed E-state index contributed by atoms with van der Waals surface area (Å²) in [6.07, 6.45) is -5.47. The maximum absolute atomic E-state index is 11.4. The standard InChI is InChI=1S/C4H2F4O/c5-3(1-2-9)4(6,7)8/h1-2H/b3-1+. The number of halogens is 4. The summed E-state index contributed by atoms with van der Waals surface area (Å²) >= 11 is 0. The molecule has 0 atom stereocenters. The van der Waals surface area contributed by atoms with Crippen molar-refractivity contribution >= 4 is 6.29 Å². The molecule has 1 nitrogen and oxygen atoms in total. The van der Waals surface area contributed by atoms with E-state index in [9.17, 15) is 22.4 Å². The molecule has 0 rings (SSSR count). The maximum Gasteiger partial charge on any atom is 0.443 e. The van der Waals surface area contributed by atoms with E-state index in [1.165, 1.54) is 0 Å². The highest BCUT2D eigenvalue weighted by Gasteiger charge is 2.33. The first kappa shape index (κ1) is 8.13. The third kappa shape index (κ3) is 2.84. The van der Waals surface area contributed by atoms with Crippen molar-refractivity contribution in [3.05, 3.63) is 11.9 Å². The molecule has 0 aliphatic carbocycles. The first-order chi connectivity index (χ1) is 3.98. The minimum Gasteiger partial charge on any atom is -0.298 e. The second-order valence-electron chi connectivity index (χ2n) is 1.15. The predicted molar refractivity (Wildman–Crippen MR) is 21.3 cm³/mol. The molecule has 0 aromatic carbocycles. The van der Waals surface area contributed by atoms with Crippen molar-refractivity contribution in [2.75, 3.05) is 0 Å². The van der Waals surface area contributed by atoms with E-state index in [4.69, 9.17) is 0 Å². The molecule has 0 saturated heterocycles. The van der Waals surface area contributed by atoms with Crippen molar-refractivity contribution in [3.63, 3.8) is 0 Å². The normalized spacial score (nSPS) is 13.6. The maximum atomic E-state index is 11.4. The molecule has 0 amide bonds. The Bertz CT molecular complexity index is 134. The minimum atomic E-state index is -5.03. The van der Waals surface area contributed by atoms with Crippen LogP contribution in [0.15, 0.2) is 11.9 Å². The number of alkyl halides is 3. The van der Waals surface area contributed by atoms with Gasteiger partial charge in [0.15, 0.2) is 0 Å². The average Bonchev–Trinajstić information content (AvgIpc) is 1.64. The third-order valence-electron chi connectivity index (χ3n) is 0.485. The second kappa shape index (κ2) is 2.61. The van der Waals surface area contributed by atoms with Gasteiger partial charge in [-0.15, -0.1) is 0 Å². The van der Waals surface area contributed by atoms with Gasteiger partial charge >= 0.3 is 6.18 Å². The molecule has 0 aliphatic heterocycles. The summed E-state index contributed by atoms with van der Waals surface area (Å²) in [7, 11) is 0. The zero-order valence-electron chi connectivity index (χ0n) is 4.07. The van der Waals surface area contributed by atoms with Crippen LogP contribution in [-0.4, -0.2) is 12.5 Å². The largest absolute Gasteiger partial charge is 0.443 e. The summed E-state index contributed by atoms with van der Waals surface area (Å²) in [6.45, 7) is 0. The summed E-state index contributed by atoms with van der Waals surface area (Å²) in [5, 5.41) is 0. The first-order valence-corrected chi connectivity index (χ1v) is 1.86. The Hall–Kier alpha value is -0.870. The molecule has 0 spiro atoms. The Balaban J connectivity index is 4.19. The lowest BCUT2D eigenvalue weighted by molar-refractivity contribution is -0.113. The van der Waals surface area contributed by atoms with Crippen LogP contribution in [0, 0.1) is 0 Å². The number of aldehydes is 1. The van der Waals surface area contributed by atoms with Gasteiger partial charge in [0.2, 0.25) is 5.83 Å². The highest BCUT2D eigenvalue weighted by atomic mass is 19.4. The molecule has 0 aromatic heterocycles. The topological polar surface area (TPSA) is 17.1 Å². The Morgan fingerprint density at radius 2 is 1.78 bits per heavy atom. The van der Waals surface area contributed by atoms with E-state index in [2.05, 4.69) is 0 Å². The van der Waals surface area contributed by atoms with Crippen LogP contribution in [0.2, 0.25) is 0 Å². The molecule has 0 saturated carbocycles. The van der Waals surface area contributed by atoms with Crippen molar-refractivity contribution in [3.8, 4) is 0 Å². The van der Waals surface area contributed by atoms with Gasteiger partial charge in [-0.05, 0) is 0 Å². The molecule has 0 bridgehead atoms. The predicted octanol–water partition coefficient (Wildman–Crippen LogP) is 1.60. The van der Waals surface area contributed by atoms with E-state index >= 15 is 0 Å². The monoisotopic (exact) mass is 142 g/mol. The Labute approximate surface area is 48.0 Å². The van der Waals surface area contributed by atoms with Crippen LogP contribution in [0.5, 0.6) is 0 Å². The van der Waals surface area contributed by atoms with Crippen LogP contribution >= 0.6 is 0 Å². The van der Waals surface area contributed by atoms with Crippen LogP contribution in [-0.2, 0) is 4.79 Å². The quantitative estimate of drug-likeness (QED) is 0.308. The van der Waals surface area contributed by atoms with Crippen LogP contribution in [0.4, 0.5) is 17.6 Å². The van der Waals surface area contributed by atoms with E-state index in [1.807, 2.05) is 0 Å². The Morgan fingerprint density at radius 3 is 1.89 bits per heavy atom. The van der Waals surface area contributed by atoms with Gasteiger partial charge < -0.3 is 0 Å². The lowest BCUT2D eigenvalue weighted by Crippen LogP contribution is -2.07. The number of hydrogen-bond donors (Lipinski definition) is 0. The van der Waals surface area contributed by atoms with Crippen molar-refractivity contribution in [1.29, 1.82) is 0 Å². The highest BCUT2D eigenvalue weighted by molar-refractivity contribution is 5.65. The minimum absolute atomic E-state index is 0.181. The molecule has 0 heterocycles. The molecular formula is C4H2F4O. The summed E-state index contributed by atoms with van der Waals surface area (Å²) in [5.41, 5.74) is 0. The molecule has 52 valence electrons. The lowest BCUT2D eigenvalue weighted by atomic mass is 10.5. The van der Waals surface area contributed by atoms with Gasteiger partial charge in [0.1, 0.15) is 6.29 Å². The van der Waals surface area contributed by atoms with E-state index in [0.717, 1.165) is 0 Å². The number of rotatable bonds is 1. The fraction of sp³-hybridized carbons (Fsp3) is 0.250. The SMILES string of the molecule is O=C/C=C(/F)C(F)(F)F. The average molecular weight is 142 g/mol. The molecule has 9 heavy (non-hydrogen) atoms. The van der Waals surface area contributed by atoms with Gasteiger partial charge in [-0.2, -0.15) is 13.2 Å². The van der Waals surface area contributed by atoms with Crippen LogP contribution in [0.3, 0.4) is 0 Å². The molecule has 5 heteroatoms. The van der Waals surface area contributed by atoms with Crippen molar-refractivity contribution in [1.82, 2.24) is 0 Å². The van der Waals surface area contributed by atoms with E-state index in [1.54, 1.807) is 0 Å². The molecule has 0 aliphatic rings. The number of carbonyl (C=O) groups excluding carboxylic acids is 1. The number of allylic oxidation sites excluding steroid dienone is 2. The van der Waals surface area contributed by atoms with E-state index in [0.29, 0.717) is 0 Å². The number of hydrogen-bond acceptors (Lipinski definition) is 1. The van der Waals surface area contributed by atoms with Gasteiger partial charge in [0.25, 0.3) is 0 Å². The van der Waals surface area contributed by atoms with Crippen LogP contribution in [0.25, 0.3) is 0 Å². The molecular weight excluding hydrogens is 140 g/mol. The van der Waals surface area contributed by atoms with E-state index in [-0.39, 0.29) is 12.4 Å². The molecule has 0 radical (unpaired) electrons. The summed E-state index contributed by atoms with van der Waals surface area (Å²) in [4.78, 5) is 9.25. The van der Waals surface area contributed by atoms with Gasteiger partial charge in [0, 0.05) is 6.08 Å².